The van der Waals surface area contributed by atoms with E-state index in [9.17, 15) is 12.8 Å². The molecule has 0 radical (unpaired) electrons. The van der Waals surface area contributed by atoms with Gasteiger partial charge in [-0.2, -0.15) is 0 Å². The van der Waals surface area contributed by atoms with Gasteiger partial charge in [-0.05, 0) is 19.5 Å². The molecule has 20 heavy (non-hydrogen) atoms. The van der Waals surface area contributed by atoms with Gasteiger partial charge in [0, 0.05) is 30.9 Å². The lowest BCUT2D eigenvalue weighted by Crippen LogP contribution is -2.47. The molecule has 0 spiro atoms. The number of halogens is 1. The zero-order valence-electron chi connectivity index (χ0n) is 11.8. The number of sulfone groups is 1. The molecule has 1 aliphatic rings. The van der Waals surface area contributed by atoms with Gasteiger partial charge in [0.2, 0.25) is 0 Å². The van der Waals surface area contributed by atoms with E-state index < -0.39 is 9.84 Å². The van der Waals surface area contributed by atoms with Crippen molar-refractivity contribution in [1.29, 1.82) is 0 Å². The van der Waals surface area contributed by atoms with Crippen molar-refractivity contribution in [3.05, 3.63) is 23.6 Å². The van der Waals surface area contributed by atoms with Gasteiger partial charge in [-0.25, -0.2) is 17.8 Å². The summed E-state index contributed by atoms with van der Waals surface area (Å²) < 4.78 is 37.6. The fraction of sp³-hybridized carbons (Fsp3) is 0.615. The Morgan fingerprint density at radius 2 is 2.30 bits per heavy atom. The minimum atomic E-state index is -3.01. The van der Waals surface area contributed by atoms with Crippen molar-refractivity contribution in [2.45, 2.75) is 26.4 Å². The summed E-state index contributed by atoms with van der Waals surface area (Å²) in [7, 11) is -3.01. The van der Waals surface area contributed by atoms with Gasteiger partial charge in [0.15, 0.2) is 21.5 Å². The van der Waals surface area contributed by atoms with E-state index in [1.165, 1.54) is 0 Å². The van der Waals surface area contributed by atoms with Gasteiger partial charge in [-0.1, -0.05) is 6.92 Å². The lowest BCUT2D eigenvalue weighted by molar-refractivity contribution is 0.547. The van der Waals surface area contributed by atoms with Crippen molar-refractivity contribution in [2.24, 2.45) is 0 Å². The summed E-state index contributed by atoms with van der Waals surface area (Å²) in [5.41, 5.74) is 0.553. The molecule has 0 aliphatic carbocycles. The van der Waals surface area contributed by atoms with E-state index in [0.717, 1.165) is 6.54 Å². The number of nitrogens with one attached hydrogen (secondary N) is 1. The number of anilines is 1. The van der Waals surface area contributed by atoms with E-state index in [1.54, 1.807) is 24.1 Å². The Bertz CT molecular complexity index is 577. The molecule has 1 unspecified atom stereocenters. The highest BCUT2D eigenvalue weighted by Crippen LogP contribution is 2.24. The molecule has 112 valence electrons. The number of pyridine rings is 1. The molecule has 1 atom stereocenters. The van der Waals surface area contributed by atoms with Gasteiger partial charge in [-0.3, -0.25) is 0 Å². The molecule has 1 fully saturated rings. The van der Waals surface area contributed by atoms with Gasteiger partial charge in [0.05, 0.1) is 11.5 Å². The van der Waals surface area contributed by atoms with Crippen LogP contribution >= 0.6 is 0 Å². The third-order valence-electron chi connectivity index (χ3n) is 3.46. The van der Waals surface area contributed by atoms with Gasteiger partial charge in [0.1, 0.15) is 0 Å². The first-order valence-electron chi connectivity index (χ1n) is 6.75. The Balaban J connectivity index is 2.25. The van der Waals surface area contributed by atoms with E-state index >= 15 is 0 Å². The van der Waals surface area contributed by atoms with Crippen LogP contribution < -0.4 is 10.2 Å². The molecule has 0 bridgehead atoms. The minimum absolute atomic E-state index is 0.0472. The standard InChI is InChI=1S/C13H20FN3O2S/c1-3-15-8-11-4-5-16-13(12(11)14)17-6-7-20(18,19)9-10(17)2/h4-5,10,15H,3,6-9H2,1-2H3. The van der Waals surface area contributed by atoms with Crippen LogP contribution in [0.2, 0.25) is 0 Å². The third kappa shape index (κ3) is 3.27. The lowest BCUT2D eigenvalue weighted by Gasteiger charge is -2.34. The lowest BCUT2D eigenvalue weighted by atomic mass is 10.2. The Labute approximate surface area is 119 Å². The highest BCUT2D eigenvalue weighted by Gasteiger charge is 2.30. The quantitative estimate of drug-likeness (QED) is 0.897. The predicted octanol–water partition coefficient (Wildman–Crippen LogP) is 0.954. The van der Waals surface area contributed by atoms with Crippen molar-refractivity contribution in [2.75, 3.05) is 29.5 Å². The largest absolute Gasteiger partial charge is 0.349 e. The number of hydrogen-bond donors (Lipinski definition) is 1. The molecule has 1 aromatic rings. The summed E-state index contributed by atoms with van der Waals surface area (Å²) in [5.74, 6) is -0.0102. The van der Waals surface area contributed by atoms with Crippen LogP contribution in [-0.2, 0) is 16.4 Å². The Hall–Kier alpha value is -1.21. The first kappa shape index (κ1) is 15.2. The monoisotopic (exact) mass is 301 g/mol. The van der Waals surface area contributed by atoms with Crippen LogP contribution in [0, 0.1) is 5.82 Å². The summed E-state index contributed by atoms with van der Waals surface area (Å²) in [5, 5.41) is 3.08. The van der Waals surface area contributed by atoms with Gasteiger partial charge >= 0.3 is 0 Å². The van der Waals surface area contributed by atoms with E-state index in [-0.39, 0.29) is 35.7 Å². The van der Waals surface area contributed by atoms with Crippen LogP contribution in [0.5, 0.6) is 0 Å². The SMILES string of the molecule is CCNCc1ccnc(N2CCS(=O)(=O)CC2C)c1F. The summed E-state index contributed by atoms with van der Waals surface area (Å²) in [6.07, 6.45) is 1.57. The molecule has 2 heterocycles. The molecule has 0 saturated carbocycles. The maximum Gasteiger partial charge on any atom is 0.170 e. The van der Waals surface area contributed by atoms with Crippen molar-refractivity contribution < 1.29 is 12.8 Å². The molecule has 1 aliphatic heterocycles. The van der Waals surface area contributed by atoms with Crippen LogP contribution in [0.25, 0.3) is 0 Å². The summed E-state index contributed by atoms with van der Waals surface area (Å²) in [6, 6.07) is 1.39. The molecular weight excluding hydrogens is 281 g/mol. The Kier molecular flexibility index (Phi) is 4.59. The first-order valence-corrected chi connectivity index (χ1v) is 8.58. The molecule has 1 aromatic heterocycles. The molecule has 7 heteroatoms. The van der Waals surface area contributed by atoms with Gasteiger partial charge in [-0.15, -0.1) is 0 Å². The van der Waals surface area contributed by atoms with Crippen molar-refractivity contribution in [3.8, 4) is 0 Å². The van der Waals surface area contributed by atoms with Crippen LogP contribution in [0.1, 0.15) is 19.4 Å². The molecule has 0 amide bonds. The average molecular weight is 301 g/mol. The maximum atomic E-state index is 14.5. The van der Waals surface area contributed by atoms with Gasteiger partial charge < -0.3 is 10.2 Å². The Morgan fingerprint density at radius 3 is 2.95 bits per heavy atom. The van der Waals surface area contributed by atoms with Crippen LogP contribution in [0.4, 0.5) is 10.2 Å². The summed E-state index contributed by atoms with van der Waals surface area (Å²) >= 11 is 0. The third-order valence-corrected chi connectivity index (χ3v) is 5.25. The topological polar surface area (TPSA) is 62.3 Å². The minimum Gasteiger partial charge on any atom is -0.349 e. The highest BCUT2D eigenvalue weighted by atomic mass is 32.2. The number of aromatic nitrogens is 1. The summed E-state index contributed by atoms with van der Waals surface area (Å²) in [4.78, 5) is 5.84. The molecular formula is C13H20FN3O2S. The number of rotatable bonds is 4. The molecule has 5 nitrogen and oxygen atoms in total. The Morgan fingerprint density at radius 1 is 1.55 bits per heavy atom. The second kappa shape index (κ2) is 6.05. The maximum absolute atomic E-state index is 14.5. The fourth-order valence-corrected chi connectivity index (χ4v) is 3.94. The molecule has 0 aromatic carbocycles. The van der Waals surface area contributed by atoms with Gasteiger partial charge in [0.25, 0.3) is 0 Å². The van der Waals surface area contributed by atoms with Crippen LogP contribution in [-0.4, -0.2) is 44.0 Å². The average Bonchev–Trinajstić information content (AvgIpc) is 2.37. The highest BCUT2D eigenvalue weighted by molar-refractivity contribution is 7.91. The predicted molar refractivity (Wildman–Crippen MR) is 77.0 cm³/mol. The van der Waals surface area contributed by atoms with Crippen LogP contribution in [0.15, 0.2) is 12.3 Å². The number of hydrogen-bond acceptors (Lipinski definition) is 5. The second-order valence-corrected chi connectivity index (χ2v) is 7.27. The molecule has 2 rings (SSSR count). The zero-order chi connectivity index (χ0) is 14.8. The smallest absolute Gasteiger partial charge is 0.170 e. The fourth-order valence-electron chi connectivity index (χ4n) is 2.38. The van der Waals surface area contributed by atoms with E-state index in [4.69, 9.17) is 0 Å². The molecule has 1 saturated heterocycles. The van der Waals surface area contributed by atoms with Crippen molar-refractivity contribution in [1.82, 2.24) is 10.3 Å². The van der Waals surface area contributed by atoms with E-state index in [2.05, 4.69) is 10.3 Å². The number of nitrogens with zero attached hydrogens (tertiary/aromatic N) is 2. The van der Waals surface area contributed by atoms with E-state index in [1.807, 2.05) is 6.92 Å². The summed E-state index contributed by atoms with van der Waals surface area (Å²) in [6.45, 7) is 5.23. The molecule has 1 N–H and O–H groups in total. The second-order valence-electron chi connectivity index (χ2n) is 5.04. The zero-order valence-corrected chi connectivity index (χ0v) is 12.6. The van der Waals surface area contributed by atoms with E-state index in [0.29, 0.717) is 12.1 Å². The van der Waals surface area contributed by atoms with Crippen LogP contribution in [0.3, 0.4) is 0 Å². The van der Waals surface area contributed by atoms with Crippen molar-refractivity contribution >= 4 is 15.7 Å². The van der Waals surface area contributed by atoms with Crippen molar-refractivity contribution in [3.63, 3.8) is 0 Å². The first-order chi connectivity index (χ1) is 9.44. The normalized spacial score (nSPS) is 21.9.